The lowest BCUT2D eigenvalue weighted by Gasteiger charge is -2.06. The number of pyridine rings is 1. The molecule has 10 heteroatoms. The van der Waals surface area contributed by atoms with E-state index >= 15 is 0 Å². The topological polar surface area (TPSA) is 122 Å². The van der Waals surface area contributed by atoms with Gasteiger partial charge in [0.1, 0.15) is 5.01 Å². The van der Waals surface area contributed by atoms with Gasteiger partial charge in [0.15, 0.2) is 0 Å². The van der Waals surface area contributed by atoms with E-state index < -0.39 is 0 Å². The smallest absolute Gasteiger partial charge is 0.255 e. The molecule has 0 saturated carbocycles. The number of thioether (sulfide) groups is 1. The summed E-state index contributed by atoms with van der Waals surface area (Å²) >= 11 is 3.11. The number of nitrogen functional groups attached to an aromatic ring is 1. The van der Waals surface area contributed by atoms with Gasteiger partial charge in [-0.3, -0.25) is 14.8 Å². The van der Waals surface area contributed by atoms with Crippen LogP contribution in [0.5, 0.6) is 0 Å². The van der Waals surface area contributed by atoms with Crippen LogP contribution in [0.15, 0.2) is 35.5 Å². The predicted molar refractivity (Wildman–Crippen MR) is 101 cm³/mol. The van der Waals surface area contributed by atoms with Gasteiger partial charge in [0.2, 0.25) is 11.1 Å². The fourth-order valence-electron chi connectivity index (χ4n) is 2.09. The maximum absolute atomic E-state index is 12.1. The number of hydrogen-bond acceptors (Lipinski definition) is 9. The normalized spacial score (nSPS) is 10.7. The molecular weight excluding hydrogens is 358 g/mol. The van der Waals surface area contributed by atoms with Crippen LogP contribution in [-0.4, -0.2) is 37.4 Å². The summed E-state index contributed by atoms with van der Waals surface area (Å²) in [5.41, 5.74) is 6.99. The van der Waals surface area contributed by atoms with Crippen LogP contribution in [0.3, 0.4) is 0 Å². The minimum absolute atomic E-state index is 0.140. The van der Waals surface area contributed by atoms with E-state index in [0.29, 0.717) is 29.6 Å². The van der Waals surface area contributed by atoms with Crippen molar-refractivity contribution in [3.63, 3.8) is 0 Å². The average molecular weight is 375 g/mol. The summed E-state index contributed by atoms with van der Waals surface area (Å²) in [5.74, 6) is 2.09. The Morgan fingerprint density at radius 2 is 2.24 bits per heavy atom. The lowest BCUT2D eigenvalue weighted by molar-refractivity contribution is 1.00. The van der Waals surface area contributed by atoms with Crippen molar-refractivity contribution < 1.29 is 0 Å². The van der Waals surface area contributed by atoms with Crippen LogP contribution in [0.25, 0.3) is 0 Å². The van der Waals surface area contributed by atoms with Gasteiger partial charge in [0.05, 0.1) is 0 Å². The SMILES string of the molecule is Nc1nnc(CSCCNc2ncc(Cc3cccnc3)c(=O)[nH]2)s1. The van der Waals surface area contributed by atoms with E-state index in [9.17, 15) is 4.79 Å². The Labute approximate surface area is 152 Å². The molecule has 3 heterocycles. The second-order valence-electron chi connectivity index (χ2n) is 5.14. The van der Waals surface area contributed by atoms with E-state index in [-0.39, 0.29) is 5.56 Å². The van der Waals surface area contributed by atoms with Gasteiger partial charge >= 0.3 is 0 Å². The van der Waals surface area contributed by atoms with Crippen molar-refractivity contribution in [3.8, 4) is 0 Å². The van der Waals surface area contributed by atoms with Crippen LogP contribution in [0.1, 0.15) is 16.1 Å². The molecule has 0 aromatic carbocycles. The fraction of sp³-hybridized carbons (Fsp3) is 0.267. The Morgan fingerprint density at radius 3 is 2.96 bits per heavy atom. The molecule has 0 saturated heterocycles. The number of anilines is 2. The molecule has 130 valence electrons. The quantitative estimate of drug-likeness (QED) is 0.507. The van der Waals surface area contributed by atoms with Crippen molar-refractivity contribution in [2.45, 2.75) is 12.2 Å². The molecule has 0 bridgehead atoms. The molecular formula is C15H17N7OS2. The highest BCUT2D eigenvalue weighted by molar-refractivity contribution is 7.98. The highest BCUT2D eigenvalue weighted by Crippen LogP contribution is 2.17. The van der Waals surface area contributed by atoms with Gasteiger partial charge in [0.25, 0.3) is 5.56 Å². The maximum atomic E-state index is 12.1. The van der Waals surface area contributed by atoms with Crippen molar-refractivity contribution in [1.29, 1.82) is 0 Å². The van der Waals surface area contributed by atoms with Crippen LogP contribution in [0.4, 0.5) is 11.1 Å². The number of aromatic amines is 1. The average Bonchev–Trinajstić information content (AvgIpc) is 3.03. The molecule has 25 heavy (non-hydrogen) atoms. The van der Waals surface area contributed by atoms with Gasteiger partial charge < -0.3 is 11.1 Å². The van der Waals surface area contributed by atoms with E-state index in [4.69, 9.17) is 5.73 Å². The first kappa shape index (κ1) is 17.4. The second-order valence-corrected chi connectivity index (χ2v) is 7.34. The molecule has 4 N–H and O–H groups in total. The van der Waals surface area contributed by atoms with E-state index in [1.807, 2.05) is 12.1 Å². The molecule has 0 unspecified atom stereocenters. The lowest BCUT2D eigenvalue weighted by Crippen LogP contribution is -2.18. The van der Waals surface area contributed by atoms with Crippen LogP contribution in [0, 0.1) is 0 Å². The largest absolute Gasteiger partial charge is 0.374 e. The van der Waals surface area contributed by atoms with Crippen LogP contribution in [0.2, 0.25) is 0 Å². The summed E-state index contributed by atoms with van der Waals surface area (Å²) in [6.07, 6.45) is 5.56. The van der Waals surface area contributed by atoms with Crippen molar-refractivity contribution in [3.05, 3.63) is 57.2 Å². The van der Waals surface area contributed by atoms with Crippen molar-refractivity contribution >= 4 is 34.2 Å². The van der Waals surface area contributed by atoms with E-state index in [1.54, 1.807) is 30.4 Å². The monoisotopic (exact) mass is 375 g/mol. The number of nitrogens with one attached hydrogen (secondary N) is 2. The van der Waals surface area contributed by atoms with Crippen LogP contribution < -0.4 is 16.6 Å². The van der Waals surface area contributed by atoms with Gasteiger partial charge in [0, 0.05) is 48.6 Å². The van der Waals surface area contributed by atoms with E-state index in [2.05, 4.69) is 30.5 Å². The first-order chi connectivity index (χ1) is 12.2. The minimum atomic E-state index is -0.140. The molecule has 0 atom stereocenters. The van der Waals surface area contributed by atoms with Gasteiger partial charge in [-0.05, 0) is 11.6 Å². The Morgan fingerprint density at radius 1 is 1.32 bits per heavy atom. The molecule has 8 nitrogen and oxygen atoms in total. The van der Waals surface area contributed by atoms with E-state index in [0.717, 1.165) is 22.1 Å². The zero-order valence-electron chi connectivity index (χ0n) is 13.3. The summed E-state index contributed by atoms with van der Waals surface area (Å²) in [7, 11) is 0. The number of rotatable bonds is 8. The van der Waals surface area contributed by atoms with E-state index in [1.165, 1.54) is 11.3 Å². The number of nitrogens with zero attached hydrogens (tertiary/aromatic N) is 4. The molecule has 0 aliphatic rings. The third-order valence-electron chi connectivity index (χ3n) is 3.24. The Kier molecular flexibility index (Phi) is 5.96. The number of hydrogen-bond donors (Lipinski definition) is 3. The Balaban J connectivity index is 1.45. The van der Waals surface area contributed by atoms with Crippen molar-refractivity contribution in [1.82, 2.24) is 25.1 Å². The standard InChI is InChI=1S/C15H17N7OS2/c16-14-22-21-12(25-14)9-24-5-4-18-15-19-8-11(13(23)20-15)6-10-2-1-3-17-7-10/h1-3,7-8H,4-6,9H2,(H2,16,22)(H2,18,19,20,23). The highest BCUT2D eigenvalue weighted by Gasteiger charge is 2.05. The van der Waals surface area contributed by atoms with Gasteiger partial charge in [-0.15, -0.1) is 10.2 Å². The maximum Gasteiger partial charge on any atom is 0.255 e. The first-order valence-corrected chi connectivity index (χ1v) is 9.54. The first-order valence-electron chi connectivity index (χ1n) is 7.57. The molecule has 0 fully saturated rings. The molecule has 3 rings (SSSR count). The summed E-state index contributed by atoms with van der Waals surface area (Å²) < 4.78 is 0. The Hall–Kier alpha value is -2.46. The summed E-state index contributed by atoms with van der Waals surface area (Å²) in [4.78, 5) is 23.2. The molecule has 0 spiro atoms. The minimum Gasteiger partial charge on any atom is -0.374 e. The Bertz CT molecular complexity index is 866. The fourth-order valence-corrected chi connectivity index (χ4v) is 3.60. The molecule has 0 aliphatic carbocycles. The van der Waals surface area contributed by atoms with Crippen LogP contribution in [-0.2, 0) is 12.2 Å². The summed E-state index contributed by atoms with van der Waals surface area (Å²) in [5, 5.41) is 12.2. The molecule has 0 radical (unpaired) electrons. The zero-order valence-corrected chi connectivity index (χ0v) is 14.9. The molecule has 3 aromatic heterocycles. The van der Waals surface area contributed by atoms with Crippen molar-refractivity contribution in [2.75, 3.05) is 23.3 Å². The van der Waals surface area contributed by atoms with Crippen LogP contribution >= 0.6 is 23.1 Å². The number of H-pyrrole nitrogens is 1. The second kappa shape index (κ2) is 8.58. The third-order valence-corrected chi connectivity index (χ3v) is 5.14. The number of nitrogens with two attached hydrogens (primary N) is 1. The van der Waals surface area contributed by atoms with Crippen molar-refractivity contribution in [2.24, 2.45) is 0 Å². The number of aromatic nitrogens is 5. The zero-order chi connectivity index (χ0) is 17.5. The van der Waals surface area contributed by atoms with Gasteiger partial charge in [-0.2, -0.15) is 11.8 Å². The summed E-state index contributed by atoms with van der Waals surface area (Å²) in [6, 6.07) is 3.78. The molecule has 0 amide bonds. The molecule has 0 aliphatic heterocycles. The van der Waals surface area contributed by atoms with Gasteiger partial charge in [-0.1, -0.05) is 17.4 Å². The predicted octanol–water partition coefficient (Wildman–Crippen LogP) is 1.53. The lowest BCUT2D eigenvalue weighted by atomic mass is 10.1. The van der Waals surface area contributed by atoms with Gasteiger partial charge in [-0.25, -0.2) is 4.98 Å². The highest BCUT2D eigenvalue weighted by atomic mass is 32.2. The molecule has 3 aromatic rings. The third kappa shape index (κ3) is 5.26. The summed E-state index contributed by atoms with van der Waals surface area (Å²) in [6.45, 7) is 0.684.